The molecule has 0 bridgehead atoms. The van der Waals surface area contributed by atoms with Crippen LogP contribution in [0.15, 0.2) is 54.7 Å². The summed E-state index contributed by atoms with van der Waals surface area (Å²) in [6.07, 6.45) is 1.86. The van der Waals surface area contributed by atoms with Crippen LogP contribution in [0.2, 0.25) is 0 Å². The largest absolute Gasteiger partial charge is 0.310 e. The van der Waals surface area contributed by atoms with Crippen LogP contribution in [0.4, 0.5) is 0 Å². The zero-order valence-electron chi connectivity index (χ0n) is 9.38. The van der Waals surface area contributed by atoms with Crippen LogP contribution in [-0.2, 0) is 39.3 Å². The summed E-state index contributed by atoms with van der Waals surface area (Å²) in [5, 5.41) is 5.44. The van der Waals surface area contributed by atoms with Gasteiger partial charge < -0.3 is 4.68 Å². The minimum atomic E-state index is 0. The molecule has 1 radical (unpaired) electrons. The molecule has 0 unspecified atom stereocenters. The van der Waals surface area contributed by atoms with Crippen molar-refractivity contribution in [3.8, 4) is 0 Å². The zero-order chi connectivity index (χ0) is 10.8. The number of hydrogen-bond acceptors (Lipinski definition) is 1. The number of aromatic nitrogens is 2. The Morgan fingerprint density at radius 1 is 1.06 bits per heavy atom. The molecule has 0 fully saturated rings. The Bertz CT molecular complexity index is 602. The molecule has 3 heteroatoms. The second-order valence-electron chi connectivity index (χ2n) is 3.76. The SMILES string of the molecule is [Y].[c-]1cccc2c1cnn2Cc1ccccc1. The minimum Gasteiger partial charge on any atom is -0.310 e. The Balaban J connectivity index is 0.00000108. The quantitative estimate of drug-likeness (QED) is 0.665. The Kier molecular flexibility index (Phi) is 4.08. The van der Waals surface area contributed by atoms with E-state index in [9.17, 15) is 0 Å². The van der Waals surface area contributed by atoms with Crippen molar-refractivity contribution in [1.82, 2.24) is 9.78 Å². The van der Waals surface area contributed by atoms with E-state index in [0.717, 1.165) is 17.4 Å². The van der Waals surface area contributed by atoms with Crippen LogP contribution < -0.4 is 0 Å². The van der Waals surface area contributed by atoms with E-state index in [4.69, 9.17) is 0 Å². The van der Waals surface area contributed by atoms with Crippen molar-refractivity contribution in [3.63, 3.8) is 0 Å². The molecule has 0 amide bonds. The van der Waals surface area contributed by atoms with Gasteiger partial charge in [0.2, 0.25) is 0 Å². The van der Waals surface area contributed by atoms with E-state index >= 15 is 0 Å². The maximum atomic E-state index is 4.38. The minimum absolute atomic E-state index is 0. The molecule has 3 aromatic rings. The summed E-state index contributed by atoms with van der Waals surface area (Å²) in [4.78, 5) is 0. The van der Waals surface area contributed by atoms with Gasteiger partial charge in [0, 0.05) is 32.7 Å². The van der Waals surface area contributed by atoms with Crippen LogP contribution in [-0.4, -0.2) is 9.78 Å². The van der Waals surface area contributed by atoms with Gasteiger partial charge in [0.1, 0.15) is 0 Å². The van der Waals surface area contributed by atoms with Crippen molar-refractivity contribution in [1.29, 1.82) is 0 Å². The third-order valence-electron chi connectivity index (χ3n) is 2.64. The molecule has 0 aliphatic heterocycles. The van der Waals surface area contributed by atoms with Crippen LogP contribution >= 0.6 is 0 Å². The number of fused-ring (bicyclic) bond motifs is 1. The van der Waals surface area contributed by atoms with Crippen LogP contribution in [0.5, 0.6) is 0 Å². The Hall–Kier alpha value is -0.986. The van der Waals surface area contributed by atoms with Gasteiger partial charge in [0.15, 0.2) is 0 Å². The molecule has 2 aromatic carbocycles. The zero-order valence-corrected chi connectivity index (χ0v) is 12.2. The fourth-order valence-electron chi connectivity index (χ4n) is 1.84. The van der Waals surface area contributed by atoms with Gasteiger partial charge in [0.25, 0.3) is 0 Å². The van der Waals surface area contributed by atoms with Gasteiger partial charge in [-0.05, 0) is 17.3 Å². The first-order chi connectivity index (χ1) is 7.93. The summed E-state index contributed by atoms with van der Waals surface area (Å²) < 4.78 is 2.00. The van der Waals surface area contributed by atoms with E-state index in [0.29, 0.717) is 0 Å². The molecule has 0 aliphatic rings. The van der Waals surface area contributed by atoms with E-state index in [-0.39, 0.29) is 32.7 Å². The first-order valence-electron chi connectivity index (χ1n) is 5.29. The first kappa shape index (κ1) is 12.5. The van der Waals surface area contributed by atoms with Crippen molar-refractivity contribution in [2.75, 3.05) is 0 Å². The number of nitrogens with zero attached hydrogens (tertiary/aromatic N) is 2. The first-order valence-corrected chi connectivity index (χ1v) is 5.29. The van der Waals surface area contributed by atoms with E-state index in [1.54, 1.807) is 0 Å². The van der Waals surface area contributed by atoms with E-state index in [1.807, 2.05) is 41.2 Å². The summed E-state index contributed by atoms with van der Waals surface area (Å²) in [7, 11) is 0. The smallest absolute Gasteiger partial charge is 0.0558 e. The van der Waals surface area contributed by atoms with Crippen molar-refractivity contribution in [2.45, 2.75) is 6.54 Å². The van der Waals surface area contributed by atoms with Gasteiger partial charge in [-0.15, -0.1) is 29.7 Å². The second-order valence-corrected chi connectivity index (χ2v) is 3.76. The standard InChI is InChI=1S/C14H11N2.Y/c1-2-6-12(7-3-1)11-16-14-9-5-4-8-13(14)10-15-16;/h1-7,9-10H,11H2;/q-1;. The molecule has 0 atom stereocenters. The molecule has 0 saturated heterocycles. The second kappa shape index (κ2) is 5.57. The molecule has 0 spiro atoms. The third-order valence-corrected chi connectivity index (χ3v) is 2.64. The monoisotopic (exact) mass is 296 g/mol. The summed E-state index contributed by atoms with van der Waals surface area (Å²) in [5.41, 5.74) is 2.39. The summed E-state index contributed by atoms with van der Waals surface area (Å²) in [6, 6.07) is 19.5. The van der Waals surface area contributed by atoms with Crippen molar-refractivity contribution < 1.29 is 32.7 Å². The third kappa shape index (κ3) is 2.64. The van der Waals surface area contributed by atoms with Gasteiger partial charge in [-0.2, -0.15) is 0 Å². The molecule has 0 saturated carbocycles. The summed E-state index contributed by atoms with van der Waals surface area (Å²) in [5.74, 6) is 0. The molecule has 81 valence electrons. The van der Waals surface area contributed by atoms with E-state index in [2.05, 4.69) is 29.4 Å². The molecule has 3 rings (SSSR count). The van der Waals surface area contributed by atoms with Crippen LogP contribution in [0, 0.1) is 6.07 Å². The summed E-state index contributed by atoms with van der Waals surface area (Å²) in [6.45, 7) is 0.808. The fraction of sp³-hybridized carbons (Fsp3) is 0.0714. The number of rotatable bonds is 2. The molecular weight excluding hydrogens is 285 g/mol. The molecule has 0 N–H and O–H groups in total. The molecular formula is C14H11N2Y-. The Morgan fingerprint density at radius 2 is 1.88 bits per heavy atom. The van der Waals surface area contributed by atoms with Gasteiger partial charge >= 0.3 is 0 Å². The van der Waals surface area contributed by atoms with E-state index < -0.39 is 0 Å². The predicted molar refractivity (Wildman–Crippen MR) is 64.1 cm³/mol. The predicted octanol–water partition coefficient (Wildman–Crippen LogP) is 2.88. The van der Waals surface area contributed by atoms with Crippen LogP contribution in [0.3, 0.4) is 0 Å². The van der Waals surface area contributed by atoms with Gasteiger partial charge in [0.05, 0.1) is 6.54 Å². The average molecular weight is 296 g/mol. The average Bonchev–Trinajstić information content (AvgIpc) is 2.74. The van der Waals surface area contributed by atoms with Crippen molar-refractivity contribution in [3.05, 3.63) is 66.4 Å². The van der Waals surface area contributed by atoms with Crippen LogP contribution in [0.1, 0.15) is 5.56 Å². The number of hydrogen-bond donors (Lipinski definition) is 0. The maximum absolute atomic E-state index is 4.38. The van der Waals surface area contributed by atoms with Crippen LogP contribution in [0.25, 0.3) is 10.9 Å². The molecule has 1 heterocycles. The van der Waals surface area contributed by atoms with E-state index in [1.165, 1.54) is 5.56 Å². The van der Waals surface area contributed by atoms with Gasteiger partial charge in [-0.25, -0.2) is 5.10 Å². The fourth-order valence-corrected chi connectivity index (χ4v) is 1.84. The number of benzene rings is 2. The van der Waals surface area contributed by atoms with Crippen molar-refractivity contribution >= 4 is 10.9 Å². The van der Waals surface area contributed by atoms with Crippen molar-refractivity contribution in [2.24, 2.45) is 0 Å². The molecule has 0 aliphatic carbocycles. The maximum Gasteiger partial charge on any atom is 0.0558 e. The molecule has 1 aromatic heterocycles. The summed E-state index contributed by atoms with van der Waals surface area (Å²) >= 11 is 0. The Labute approximate surface area is 126 Å². The van der Waals surface area contributed by atoms with Gasteiger partial charge in [-0.3, -0.25) is 0 Å². The normalized spacial score (nSPS) is 10.1. The topological polar surface area (TPSA) is 17.8 Å². The molecule has 17 heavy (non-hydrogen) atoms. The molecule has 2 nitrogen and oxygen atoms in total. The Morgan fingerprint density at radius 3 is 2.71 bits per heavy atom. The van der Waals surface area contributed by atoms with Gasteiger partial charge in [-0.1, -0.05) is 30.3 Å².